The smallest absolute Gasteiger partial charge is 0.180 e. The van der Waals surface area contributed by atoms with E-state index >= 15 is 0 Å². The van der Waals surface area contributed by atoms with Crippen LogP contribution in [-0.2, 0) is 6.61 Å². The van der Waals surface area contributed by atoms with Crippen LogP contribution in [0, 0.1) is 0 Å². The highest BCUT2D eigenvalue weighted by Gasteiger charge is 2.11. The topological polar surface area (TPSA) is 87.8 Å². The number of aliphatic hydroxyl groups excluding tert-OH is 1. The molecule has 0 atom stereocenters. The zero-order chi connectivity index (χ0) is 9.26. The molecule has 2 heterocycles. The van der Waals surface area contributed by atoms with Gasteiger partial charge in [-0.05, 0) is 0 Å². The summed E-state index contributed by atoms with van der Waals surface area (Å²) in [5, 5.41) is 16.0. The maximum Gasteiger partial charge on any atom is 0.180 e. The summed E-state index contributed by atoms with van der Waals surface area (Å²) in [6.45, 7) is -0.0462. The van der Waals surface area contributed by atoms with Crippen molar-refractivity contribution in [2.24, 2.45) is 0 Å². The molecule has 0 aromatic carbocycles. The van der Waals surface area contributed by atoms with Crippen LogP contribution >= 0.6 is 11.3 Å². The van der Waals surface area contributed by atoms with Gasteiger partial charge in [0.1, 0.15) is 0 Å². The van der Waals surface area contributed by atoms with Gasteiger partial charge in [-0.25, -0.2) is 4.98 Å². The van der Waals surface area contributed by atoms with Gasteiger partial charge < -0.3 is 10.8 Å². The highest BCUT2D eigenvalue weighted by Crippen LogP contribution is 2.28. The number of nitrogens with two attached hydrogens (primary N) is 1. The van der Waals surface area contributed by atoms with Crippen LogP contribution in [0.2, 0.25) is 0 Å². The Hall–Kier alpha value is -1.40. The van der Waals surface area contributed by atoms with Crippen LogP contribution in [0.4, 0.5) is 5.13 Å². The first-order chi connectivity index (χ1) is 6.31. The first kappa shape index (κ1) is 8.21. The minimum Gasteiger partial charge on any atom is -0.391 e. The third kappa shape index (κ3) is 1.41. The predicted octanol–water partition coefficient (Wildman–Crippen LogP) is 0.608. The molecule has 0 radical (unpaired) electrons. The average molecular weight is 196 g/mol. The van der Waals surface area contributed by atoms with Crippen molar-refractivity contribution in [3.05, 3.63) is 17.3 Å². The van der Waals surface area contributed by atoms with Crippen molar-refractivity contribution in [1.29, 1.82) is 0 Å². The van der Waals surface area contributed by atoms with Crippen molar-refractivity contribution in [1.82, 2.24) is 15.2 Å². The molecule has 4 N–H and O–H groups in total. The molecular formula is C7H8N4OS. The molecule has 0 amide bonds. The molecule has 0 aliphatic carbocycles. The van der Waals surface area contributed by atoms with E-state index in [0.717, 1.165) is 10.4 Å². The lowest BCUT2D eigenvalue weighted by Gasteiger charge is -1.92. The Balaban J connectivity index is 2.50. The van der Waals surface area contributed by atoms with Crippen LogP contribution < -0.4 is 5.73 Å². The highest BCUT2D eigenvalue weighted by atomic mass is 32.1. The molecule has 0 saturated heterocycles. The van der Waals surface area contributed by atoms with Gasteiger partial charge in [-0.3, -0.25) is 5.10 Å². The first-order valence-corrected chi connectivity index (χ1v) is 4.48. The lowest BCUT2D eigenvalue weighted by molar-refractivity contribution is 0.286. The summed E-state index contributed by atoms with van der Waals surface area (Å²) in [4.78, 5) is 4.86. The van der Waals surface area contributed by atoms with E-state index in [0.29, 0.717) is 10.8 Å². The Labute approximate surface area is 78.2 Å². The zero-order valence-electron chi connectivity index (χ0n) is 6.69. The SMILES string of the molecule is Nc1nc(-c2cn[nH]c2)c(CO)s1. The van der Waals surface area contributed by atoms with E-state index in [1.807, 2.05) is 0 Å². The summed E-state index contributed by atoms with van der Waals surface area (Å²) in [5.41, 5.74) is 7.08. The number of thiazole rings is 1. The van der Waals surface area contributed by atoms with E-state index in [9.17, 15) is 0 Å². The van der Waals surface area contributed by atoms with Gasteiger partial charge in [0.05, 0.1) is 23.4 Å². The van der Waals surface area contributed by atoms with Crippen LogP contribution in [0.15, 0.2) is 12.4 Å². The zero-order valence-corrected chi connectivity index (χ0v) is 7.51. The van der Waals surface area contributed by atoms with Crippen LogP contribution in [0.3, 0.4) is 0 Å². The number of anilines is 1. The van der Waals surface area contributed by atoms with E-state index < -0.39 is 0 Å². The van der Waals surface area contributed by atoms with Gasteiger partial charge in [0.2, 0.25) is 0 Å². The van der Waals surface area contributed by atoms with Crippen molar-refractivity contribution >= 4 is 16.5 Å². The number of aliphatic hydroxyl groups is 1. The number of nitrogens with one attached hydrogen (secondary N) is 1. The minimum absolute atomic E-state index is 0.0462. The van der Waals surface area contributed by atoms with Crippen LogP contribution in [0.1, 0.15) is 4.88 Å². The summed E-state index contributed by atoms with van der Waals surface area (Å²) >= 11 is 1.29. The van der Waals surface area contributed by atoms with Gasteiger partial charge in [0.15, 0.2) is 5.13 Å². The monoisotopic (exact) mass is 196 g/mol. The molecule has 0 fully saturated rings. The summed E-state index contributed by atoms with van der Waals surface area (Å²) in [5.74, 6) is 0. The average Bonchev–Trinajstić information content (AvgIpc) is 2.71. The van der Waals surface area contributed by atoms with Gasteiger partial charge in [0, 0.05) is 11.8 Å². The molecule has 0 unspecified atom stereocenters. The largest absolute Gasteiger partial charge is 0.391 e. The van der Waals surface area contributed by atoms with Crippen molar-refractivity contribution in [2.75, 3.05) is 5.73 Å². The molecule has 2 rings (SSSR count). The number of nitrogen functional groups attached to an aromatic ring is 1. The maximum atomic E-state index is 9.01. The summed E-state index contributed by atoms with van der Waals surface area (Å²) in [6.07, 6.45) is 3.36. The normalized spacial score (nSPS) is 10.5. The van der Waals surface area contributed by atoms with E-state index in [-0.39, 0.29) is 6.61 Å². The molecule has 13 heavy (non-hydrogen) atoms. The number of aromatic amines is 1. The Morgan fingerprint density at radius 1 is 1.62 bits per heavy atom. The number of nitrogens with zero attached hydrogens (tertiary/aromatic N) is 2. The highest BCUT2D eigenvalue weighted by molar-refractivity contribution is 7.15. The summed E-state index contributed by atoms with van der Waals surface area (Å²) in [6, 6.07) is 0. The van der Waals surface area contributed by atoms with E-state index in [1.54, 1.807) is 12.4 Å². The molecule has 0 aliphatic rings. The second-order valence-corrected chi connectivity index (χ2v) is 3.58. The van der Waals surface area contributed by atoms with Gasteiger partial charge in [-0.15, -0.1) is 0 Å². The molecule has 2 aromatic heterocycles. The molecule has 0 aliphatic heterocycles. The predicted molar refractivity (Wildman–Crippen MR) is 50.0 cm³/mol. The molecule has 5 nitrogen and oxygen atoms in total. The van der Waals surface area contributed by atoms with E-state index in [1.165, 1.54) is 11.3 Å². The number of hydrogen-bond acceptors (Lipinski definition) is 5. The van der Waals surface area contributed by atoms with Crippen molar-refractivity contribution < 1.29 is 5.11 Å². The van der Waals surface area contributed by atoms with E-state index in [2.05, 4.69) is 15.2 Å². The molecule has 0 bridgehead atoms. The number of rotatable bonds is 2. The van der Waals surface area contributed by atoms with Gasteiger partial charge >= 0.3 is 0 Å². The van der Waals surface area contributed by atoms with Crippen LogP contribution in [0.25, 0.3) is 11.3 Å². The molecule has 0 spiro atoms. The summed E-state index contributed by atoms with van der Waals surface area (Å²) in [7, 11) is 0. The van der Waals surface area contributed by atoms with Crippen molar-refractivity contribution in [3.63, 3.8) is 0 Å². The fraction of sp³-hybridized carbons (Fsp3) is 0.143. The second kappa shape index (κ2) is 3.15. The molecule has 6 heteroatoms. The Morgan fingerprint density at radius 2 is 2.46 bits per heavy atom. The summed E-state index contributed by atoms with van der Waals surface area (Å²) < 4.78 is 0. The third-order valence-corrected chi connectivity index (χ3v) is 2.50. The Morgan fingerprint density at radius 3 is 3.08 bits per heavy atom. The van der Waals surface area contributed by atoms with Gasteiger partial charge in [-0.1, -0.05) is 11.3 Å². The molecular weight excluding hydrogens is 188 g/mol. The number of hydrogen-bond donors (Lipinski definition) is 3. The van der Waals surface area contributed by atoms with Gasteiger partial charge in [-0.2, -0.15) is 5.10 Å². The van der Waals surface area contributed by atoms with Crippen molar-refractivity contribution in [2.45, 2.75) is 6.61 Å². The van der Waals surface area contributed by atoms with Crippen LogP contribution in [-0.4, -0.2) is 20.3 Å². The lowest BCUT2D eigenvalue weighted by Crippen LogP contribution is -1.84. The number of H-pyrrole nitrogens is 1. The van der Waals surface area contributed by atoms with Crippen LogP contribution in [0.5, 0.6) is 0 Å². The second-order valence-electron chi connectivity index (χ2n) is 2.47. The first-order valence-electron chi connectivity index (χ1n) is 3.66. The van der Waals surface area contributed by atoms with E-state index in [4.69, 9.17) is 10.8 Å². The fourth-order valence-electron chi connectivity index (χ4n) is 1.08. The quantitative estimate of drug-likeness (QED) is 0.656. The van der Waals surface area contributed by atoms with Crippen molar-refractivity contribution in [3.8, 4) is 11.3 Å². The minimum atomic E-state index is -0.0462. The number of aromatic nitrogens is 3. The standard InChI is InChI=1S/C7H8N4OS/c8-7-11-6(5(3-12)13-7)4-1-9-10-2-4/h1-2,12H,3H2,(H2,8,11)(H,9,10). The molecule has 68 valence electrons. The molecule has 2 aromatic rings. The Kier molecular flexibility index (Phi) is 1.99. The molecule has 0 saturated carbocycles. The fourth-order valence-corrected chi connectivity index (χ4v) is 1.80. The maximum absolute atomic E-state index is 9.01. The third-order valence-electron chi connectivity index (χ3n) is 1.63. The Bertz CT molecular complexity index is 395. The lowest BCUT2D eigenvalue weighted by atomic mass is 10.2. The van der Waals surface area contributed by atoms with Gasteiger partial charge in [0.25, 0.3) is 0 Å².